The molecule has 0 radical (unpaired) electrons. The summed E-state index contributed by atoms with van der Waals surface area (Å²) in [7, 11) is 0. The second kappa shape index (κ2) is 4.78. The van der Waals surface area contributed by atoms with Gasteiger partial charge in [0, 0.05) is 11.8 Å². The molecule has 0 fully saturated rings. The fourth-order valence-corrected chi connectivity index (χ4v) is 2.23. The fraction of sp³-hybridized carbons (Fsp3) is 0.0667. The zero-order valence-electron chi connectivity index (χ0n) is 9.74. The first-order chi connectivity index (χ1) is 8.88. The van der Waals surface area contributed by atoms with Crippen molar-refractivity contribution in [2.75, 3.05) is 0 Å². The van der Waals surface area contributed by atoms with E-state index < -0.39 is 0 Å². The number of aromatic nitrogens is 2. The van der Waals surface area contributed by atoms with Gasteiger partial charge in [-0.1, -0.05) is 42.5 Å². The topological polar surface area (TPSA) is 25.8 Å². The van der Waals surface area contributed by atoms with Crippen LogP contribution in [0.25, 0.3) is 22.0 Å². The molecule has 0 aliphatic carbocycles. The molecular formula is C15H12N2S. The van der Waals surface area contributed by atoms with E-state index in [1.807, 2.05) is 18.2 Å². The maximum Gasteiger partial charge on any atom is 0.138 e. The average Bonchev–Trinajstić information content (AvgIpc) is 2.47. The van der Waals surface area contributed by atoms with Crippen molar-refractivity contribution in [1.29, 1.82) is 0 Å². The van der Waals surface area contributed by atoms with E-state index in [0.717, 1.165) is 17.1 Å². The summed E-state index contributed by atoms with van der Waals surface area (Å²) in [6.07, 6.45) is 1.79. The lowest BCUT2D eigenvalue weighted by molar-refractivity contribution is 1.04. The molecule has 1 heterocycles. The molecule has 0 N–H and O–H groups in total. The summed E-state index contributed by atoms with van der Waals surface area (Å²) in [5.74, 6) is 1.31. The van der Waals surface area contributed by atoms with Crippen molar-refractivity contribution in [2.45, 2.75) is 5.75 Å². The molecule has 2 nitrogen and oxygen atoms in total. The molecular weight excluding hydrogens is 240 g/mol. The highest BCUT2D eigenvalue weighted by atomic mass is 32.1. The predicted molar refractivity (Wildman–Crippen MR) is 77.7 cm³/mol. The van der Waals surface area contributed by atoms with Crippen molar-refractivity contribution in [3.8, 4) is 11.3 Å². The Labute approximate surface area is 111 Å². The summed E-state index contributed by atoms with van der Waals surface area (Å²) in [6.45, 7) is 0. The lowest BCUT2D eigenvalue weighted by Crippen LogP contribution is -1.93. The summed E-state index contributed by atoms with van der Waals surface area (Å²) in [6, 6.07) is 16.5. The highest BCUT2D eigenvalue weighted by molar-refractivity contribution is 7.79. The second-order valence-electron chi connectivity index (χ2n) is 4.04. The Morgan fingerprint density at radius 1 is 0.944 bits per heavy atom. The molecule has 0 amide bonds. The number of rotatable bonds is 2. The van der Waals surface area contributed by atoms with Crippen molar-refractivity contribution in [3.63, 3.8) is 0 Å². The maximum absolute atomic E-state index is 4.52. The van der Waals surface area contributed by atoms with Gasteiger partial charge in [-0.15, -0.1) is 0 Å². The molecule has 1 aromatic heterocycles. The van der Waals surface area contributed by atoms with E-state index in [9.17, 15) is 0 Å². The van der Waals surface area contributed by atoms with Crippen molar-refractivity contribution < 1.29 is 0 Å². The second-order valence-corrected chi connectivity index (χ2v) is 4.36. The largest absolute Gasteiger partial charge is 0.240 e. The zero-order chi connectivity index (χ0) is 12.4. The van der Waals surface area contributed by atoms with Gasteiger partial charge in [0.25, 0.3) is 0 Å². The molecule has 0 unspecified atom stereocenters. The molecule has 0 saturated carbocycles. The van der Waals surface area contributed by atoms with Gasteiger partial charge in [-0.05, 0) is 16.8 Å². The van der Waals surface area contributed by atoms with E-state index in [1.165, 1.54) is 10.8 Å². The summed E-state index contributed by atoms with van der Waals surface area (Å²) in [5.41, 5.74) is 2.09. The van der Waals surface area contributed by atoms with Crippen LogP contribution in [0.2, 0.25) is 0 Å². The van der Waals surface area contributed by atoms with E-state index in [4.69, 9.17) is 0 Å². The van der Waals surface area contributed by atoms with E-state index in [0.29, 0.717) is 5.75 Å². The van der Waals surface area contributed by atoms with Gasteiger partial charge < -0.3 is 0 Å². The third kappa shape index (κ3) is 1.97. The van der Waals surface area contributed by atoms with Gasteiger partial charge in [0.1, 0.15) is 5.82 Å². The molecule has 0 spiro atoms. The van der Waals surface area contributed by atoms with Crippen LogP contribution < -0.4 is 0 Å². The molecule has 3 rings (SSSR count). The van der Waals surface area contributed by atoms with Crippen molar-refractivity contribution >= 4 is 23.4 Å². The quantitative estimate of drug-likeness (QED) is 0.703. The monoisotopic (exact) mass is 252 g/mol. The Morgan fingerprint density at radius 3 is 2.67 bits per heavy atom. The van der Waals surface area contributed by atoms with Gasteiger partial charge in [-0.2, -0.15) is 12.6 Å². The molecule has 0 saturated heterocycles. The lowest BCUT2D eigenvalue weighted by atomic mass is 10.0. The van der Waals surface area contributed by atoms with Gasteiger partial charge in [-0.3, -0.25) is 0 Å². The third-order valence-corrected chi connectivity index (χ3v) is 3.20. The van der Waals surface area contributed by atoms with Crippen molar-refractivity contribution in [1.82, 2.24) is 9.97 Å². The normalized spacial score (nSPS) is 10.7. The molecule has 0 bridgehead atoms. The van der Waals surface area contributed by atoms with Crippen LogP contribution in [0.3, 0.4) is 0 Å². The molecule has 88 valence electrons. The Balaban J connectivity index is 2.24. The molecule has 0 aliphatic heterocycles. The number of hydrogen-bond acceptors (Lipinski definition) is 3. The standard InChI is InChI=1S/C15H12N2S/c18-10-15-16-9-8-14(17-15)13-7-3-5-11-4-1-2-6-12(11)13/h1-9,18H,10H2. The van der Waals surface area contributed by atoms with E-state index in [2.05, 4.69) is 52.9 Å². The molecule has 2 aromatic carbocycles. The van der Waals surface area contributed by atoms with Gasteiger partial charge in [-0.25, -0.2) is 9.97 Å². The van der Waals surface area contributed by atoms with Crippen LogP contribution in [0.5, 0.6) is 0 Å². The van der Waals surface area contributed by atoms with Gasteiger partial charge in [0.05, 0.1) is 11.4 Å². The van der Waals surface area contributed by atoms with E-state index >= 15 is 0 Å². The van der Waals surface area contributed by atoms with Crippen LogP contribution >= 0.6 is 12.6 Å². The minimum absolute atomic E-state index is 0.554. The number of nitrogens with zero attached hydrogens (tertiary/aromatic N) is 2. The minimum atomic E-state index is 0.554. The molecule has 0 aliphatic rings. The third-order valence-electron chi connectivity index (χ3n) is 2.91. The van der Waals surface area contributed by atoms with Crippen LogP contribution in [0.15, 0.2) is 54.7 Å². The van der Waals surface area contributed by atoms with Crippen LogP contribution in [0.1, 0.15) is 5.82 Å². The molecule has 0 atom stereocenters. The molecule has 18 heavy (non-hydrogen) atoms. The lowest BCUT2D eigenvalue weighted by Gasteiger charge is -2.06. The number of benzene rings is 2. The van der Waals surface area contributed by atoms with E-state index in [-0.39, 0.29) is 0 Å². The van der Waals surface area contributed by atoms with Crippen LogP contribution in [0.4, 0.5) is 0 Å². The summed E-state index contributed by atoms with van der Waals surface area (Å²) in [4.78, 5) is 8.70. The number of hydrogen-bond donors (Lipinski definition) is 1. The summed E-state index contributed by atoms with van der Waals surface area (Å²) in [5, 5.41) is 2.44. The van der Waals surface area contributed by atoms with Crippen LogP contribution in [0, 0.1) is 0 Å². The SMILES string of the molecule is SCc1nccc(-c2cccc3ccccc23)n1. The fourth-order valence-electron chi connectivity index (χ4n) is 2.07. The Kier molecular flexibility index (Phi) is 2.99. The van der Waals surface area contributed by atoms with Crippen LogP contribution in [-0.4, -0.2) is 9.97 Å². The van der Waals surface area contributed by atoms with Crippen molar-refractivity contribution in [2.24, 2.45) is 0 Å². The van der Waals surface area contributed by atoms with Crippen molar-refractivity contribution in [3.05, 3.63) is 60.6 Å². The number of thiol groups is 1. The number of fused-ring (bicyclic) bond motifs is 1. The molecule has 3 heteroatoms. The smallest absolute Gasteiger partial charge is 0.138 e. The first-order valence-electron chi connectivity index (χ1n) is 5.79. The average molecular weight is 252 g/mol. The Bertz CT molecular complexity index is 689. The minimum Gasteiger partial charge on any atom is -0.240 e. The van der Waals surface area contributed by atoms with Gasteiger partial charge >= 0.3 is 0 Å². The van der Waals surface area contributed by atoms with Crippen LogP contribution in [-0.2, 0) is 5.75 Å². The Morgan fingerprint density at radius 2 is 1.78 bits per heavy atom. The summed E-state index contributed by atoms with van der Waals surface area (Å²) < 4.78 is 0. The Hall–Kier alpha value is -1.87. The predicted octanol–water partition coefficient (Wildman–Crippen LogP) is 3.73. The van der Waals surface area contributed by atoms with Gasteiger partial charge in [0.15, 0.2) is 0 Å². The summed E-state index contributed by atoms with van der Waals surface area (Å²) >= 11 is 4.22. The van der Waals surface area contributed by atoms with Gasteiger partial charge in [0.2, 0.25) is 0 Å². The maximum atomic E-state index is 4.52. The zero-order valence-corrected chi connectivity index (χ0v) is 10.6. The highest BCUT2D eigenvalue weighted by Crippen LogP contribution is 2.26. The molecule has 3 aromatic rings. The van der Waals surface area contributed by atoms with E-state index in [1.54, 1.807) is 6.20 Å². The highest BCUT2D eigenvalue weighted by Gasteiger charge is 2.05. The first kappa shape index (κ1) is 11.2. The first-order valence-corrected chi connectivity index (χ1v) is 6.42.